The van der Waals surface area contributed by atoms with Crippen molar-refractivity contribution < 1.29 is 29.3 Å². The molecule has 0 radical (unpaired) electrons. The third kappa shape index (κ3) is 6.73. The van der Waals surface area contributed by atoms with Crippen LogP contribution in [0.4, 0.5) is 11.4 Å². The highest BCUT2D eigenvalue weighted by molar-refractivity contribution is 8.00. The maximum absolute atomic E-state index is 13.9. The van der Waals surface area contributed by atoms with E-state index in [0.29, 0.717) is 10.4 Å². The summed E-state index contributed by atoms with van der Waals surface area (Å²) < 4.78 is 7.06. The van der Waals surface area contributed by atoms with Crippen molar-refractivity contribution in [2.75, 3.05) is 35.6 Å². The molecule has 0 saturated carbocycles. The number of piperidine rings is 1. The highest BCUT2D eigenvalue weighted by Crippen LogP contribution is 2.42. The van der Waals surface area contributed by atoms with Crippen molar-refractivity contribution in [3.63, 3.8) is 0 Å². The molecule has 11 heteroatoms. The van der Waals surface area contributed by atoms with Crippen molar-refractivity contribution in [3.05, 3.63) is 65.0 Å². The maximum Gasteiger partial charge on any atom is 0.349 e. The number of carboxylic acid groups (broad SMARTS) is 2. The van der Waals surface area contributed by atoms with Crippen LogP contribution in [0.5, 0.6) is 5.75 Å². The van der Waals surface area contributed by atoms with Gasteiger partial charge < -0.3 is 25.6 Å². The molecule has 4 rings (SSSR count). The lowest BCUT2D eigenvalue weighted by molar-refractivity contribution is -0.139. The largest absolute Gasteiger partial charge is 0.480 e. The zero-order valence-corrected chi connectivity index (χ0v) is 23.3. The number of nitrogens with one attached hydrogen (secondary N) is 2. The molecule has 2 aromatic carbocycles. The topological polar surface area (TPSA) is 128 Å². The Morgan fingerprint density at radius 2 is 1.85 bits per heavy atom. The second kappa shape index (κ2) is 13.0. The number of benzene rings is 2. The van der Waals surface area contributed by atoms with E-state index in [-0.39, 0.29) is 22.5 Å². The lowest BCUT2D eigenvalue weighted by Crippen LogP contribution is -2.47. The molecule has 1 fully saturated rings. The van der Waals surface area contributed by atoms with Gasteiger partial charge in [-0.2, -0.15) is 0 Å². The van der Waals surface area contributed by atoms with E-state index in [1.54, 1.807) is 11.2 Å². The molecule has 0 bridgehead atoms. The highest BCUT2D eigenvalue weighted by atomic mass is 32.2. The molecule has 0 aliphatic carbocycles. The van der Waals surface area contributed by atoms with Crippen LogP contribution in [0.2, 0.25) is 0 Å². The van der Waals surface area contributed by atoms with Crippen molar-refractivity contribution in [2.24, 2.45) is 5.92 Å². The number of para-hydroxylation sites is 1. The molecule has 1 aromatic heterocycles. The number of hydrogen-bond acceptors (Lipinski definition) is 8. The number of aromatic carboxylic acids is 1. The Balaban J connectivity index is 1.66. The van der Waals surface area contributed by atoms with E-state index in [1.807, 2.05) is 60.9 Å². The second-order valence-electron chi connectivity index (χ2n) is 9.14. The molecule has 0 spiro atoms. The van der Waals surface area contributed by atoms with Crippen LogP contribution in [0.1, 0.15) is 28.1 Å². The number of carbonyl (C=O) groups excluding carboxylic acids is 1. The van der Waals surface area contributed by atoms with E-state index >= 15 is 0 Å². The second-order valence-corrected chi connectivity index (χ2v) is 10.9. The molecule has 1 aliphatic heterocycles. The number of nitrogens with zero attached hydrogens (tertiary/aromatic N) is 1. The summed E-state index contributed by atoms with van der Waals surface area (Å²) in [6, 6.07) is 16.6. The molecule has 1 atom stereocenters. The third-order valence-electron chi connectivity index (χ3n) is 6.57. The normalized spacial score (nSPS) is 14.4. The number of ether oxygens (including phenoxy) is 1. The molecule has 2 heterocycles. The first-order valence-electron chi connectivity index (χ1n) is 12.5. The number of carboxylic acids is 2. The predicted molar refractivity (Wildman–Crippen MR) is 155 cm³/mol. The molecule has 206 valence electrons. The Labute approximate surface area is 235 Å². The number of amides is 1. The summed E-state index contributed by atoms with van der Waals surface area (Å²) in [5.41, 5.74) is 2.85. The molecular weight excluding hydrogens is 538 g/mol. The Morgan fingerprint density at radius 1 is 1.13 bits per heavy atom. The van der Waals surface area contributed by atoms with E-state index in [2.05, 4.69) is 10.6 Å². The van der Waals surface area contributed by atoms with Crippen molar-refractivity contribution in [3.8, 4) is 16.2 Å². The van der Waals surface area contributed by atoms with Gasteiger partial charge in [0, 0.05) is 22.4 Å². The third-order valence-corrected chi connectivity index (χ3v) is 8.63. The first-order valence-corrected chi connectivity index (χ1v) is 14.5. The fraction of sp³-hybridized carbons (Fsp3) is 0.321. The van der Waals surface area contributed by atoms with Gasteiger partial charge in [-0.25, -0.2) is 9.59 Å². The maximum atomic E-state index is 13.9. The van der Waals surface area contributed by atoms with Gasteiger partial charge in [0.2, 0.25) is 0 Å². The van der Waals surface area contributed by atoms with E-state index in [4.69, 9.17) is 9.84 Å². The molecule has 1 unspecified atom stereocenters. The van der Waals surface area contributed by atoms with Crippen LogP contribution >= 0.6 is 23.3 Å². The fourth-order valence-corrected chi connectivity index (χ4v) is 6.44. The molecule has 3 aromatic rings. The molecule has 39 heavy (non-hydrogen) atoms. The van der Waals surface area contributed by atoms with Crippen molar-refractivity contribution in [1.82, 2.24) is 5.32 Å². The Hall–Kier alpha value is -3.54. The van der Waals surface area contributed by atoms with Crippen LogP contribution in [-0.2, 0) is 9.59 Å². The van der Waals surface area contributed by atoms with Gasteiger partial charge in [-0.3, -0.25) is 9.10 Å². The minimum atomic E-state index is -1.19. The van der Waals surface area contributed by atoms with Crippen LogP contribution in [0, 0.1) is 12.8 Å². The number of anilines is 2. The molecule has 1 amide bonds. The average molecular weight is 570 g/mol. The van der Waals surface area contributed by atoms with Gasteiger partial charge in [0.05, 0.1) is 5.69 Å². The van der Waals surface area contributed by atoms with E-state index in [1.165, 1.54) is 11.9 Å². The number of thiophene rings is 1. The van der Waals surface area contributed by atoms with Gasteiger partial charge in [0.15, 0.2) is 11.5 Å². The first kappa shape index (κ1) is 28.5. The zero-order valence-electron chi connectivity index (χ0n) is 21.7. The van der Waals surface area contributed by atoms with E-state index < -0.39 is 24.6 Å². The molecule has 1 saturated heterocycles. The van der Waals surface area contributed by atoms with Crippen molar-refractivity contribution >= 4 is 52.5 Å². The monoisotopic (exact) mass is 569 g/mol. The highest BCUT2D eigenvalue weighted by Gasteiger charge is 2.33. The van der Waals surface area contributed by atoms with Crippen LogP contribution in [-0.4, -0.2) is 60.1 Å². The number of carbonyl (C=O) groups is 3. The zero-order chi connectivity index (χ0) is 27.9. The Bertz CT molecular complexity index is 1320. The summed E-state index contributed by atoms with van der Waals surface area (Å²) in [6.07, 6.45) is 3.60. The molecular formula is C28H31N3O6S2. The quantitative estimate of drug-likeness (QED) is 0.237. The molecule has 1 aliphatic rings. The van der Waals surface area contributed by atoms with Gasteiger partial charge in [-0.1, -0.05) is 30.3 Å². The lowest BCUT2D eigenvalue weighted by Gasteiger charge is -2.34. The smallest absolute Gasteiger partial charge is 0.349 e. The minimum absolute atomic E-state index is 0.0316. The van der Waals surface area contributed by atoms with Crippen LogP contribution in [0.15, 0.2) is 54.6 Å². The van der Waals surface area contributed by atoms with Crippen LogP contribution in [0.25, 0.3) is 10.4 Å². The molecule has 9 nitrogen and oxygen atoms in total. The van der Waals surface area contributed by atoms with E-state index in [0.717, 1.165) is 54.2 Å². The van der Waals surface area contributed by atoms with Crippen LogP contribution in [0.3, 0.4) is 0 Å². The van der Waals surface area contributed by atoms with Crippen molar-refractivity contribution in [2.45, 2.75) is 25.8 Å². The van der Waals surface area contributed by atoms with Gasteiger partial charge in [0.25, 0.3) is 5.91 Å². The summed E-state index contributed by atoms with van der Waals surface area (Å²) in [5.74, 6) is -2.22. The summed E-state index contributed by atoms with van der Waals surface area (Å²) in [6.45, 7) is 2.76. The fourth-order valence-electron chi connectivity index (χ4n) is 4.72. The number of rotatable bonds is 11. The lowest BCUT2D eigenvalue weighted by atomic mass is 9.89. The summed E-state index contributed by atoms with van der Waals surface area (Å²) in [5, 5.41) is 25.6. The number of aliphatic carboxylic acids is 1. The summed E-state index contributed by atoms with van der Waals surface area (Å²) in [7, 11) is 0. The first-order chi connectivity index (χ1) is 18.8. The standard InChI is InChI=1S/C28H31N3O6S2/c1-17-24(37-16-22(32)33)26(28(35)36)39-25(17)19-7-6-8-20(15-19)30-23(18-11-13-29-14-12-18)27(34)31(38-2)21-9-4-3-5-10-21/h3-10,15,18,23,29-30H,11-14,16H2,1-2H3,(H,32,33)(H,35,36). The summed E-state index contributed by atoms with van der Waals surface area (Å²) in [4.78, 5) is 37.4. The number of hydrogen-bond donors (Lipinski definition) is 4. The van der Waals surface area contributed by atoms with E-state index in [9.17, 15) is 19.5 Å². The molecule has 4 N–H and O–H groups in total. The minimum Gasteiger partial charge on any atom is -0.480 e. The van der Waals surface area contributed by atoms with Gasteiger partial charge in [-0.05, 0) is 80.5 Å². The van der Waals surface area contributed by atoms with Crippen molar-refractivity contribution in [1.29, 1.82) is 0 Å². The Kier molecular flexibility index (Phi) is 9.50. The van der Waals surface area contributed by atoms with Gasteiger partial charge in [0.1, 0.15) is 11.8 Å². The predicted octanol–water partition coefficient (Wildman–Crippen LogP) is 4.98. The average Bonchev–Trinajstić information content (AvgIpc) is 3.28. The van der Waals surface area contributed by atoms with Gasteiger partial charge in [-0.15, -0.1) is 11.3 Å². The van der Waals surface area contributed by atoms with Gasteiger partial charge >= 0.3 is 11.9 Å². The van der Waals surface area contributed by atoms with Crippen LogP contribution < -0.4 is 19.7 Å². The Morgan fingerprint density at radius 3 is 2.49 bits per heavy atom. The SMILES string of the molecule is CSN(C(=O)C(Nc1cccc(-c2sc(C(=O)O)c(OCC(=O)O)c2C)c1)C1CCNCC1)c1ccccc1. The summed E-state index contributed by atoms with van der Waals surface area (Å²) >= 11 is 2.40.